The molecule has 2 rings (SSSR count). The van der Waals surface area contributed by atoms with Crippen LogP contribution in [0.2, 0.25) is 0 Å². The number of nitrogens with one attached hydrogen (secondary N) is 1. The summed E-state index contributed by atoms with van der Waals surface area (Å²) in [4.78, 5) is 22.6. The van der Waals surface area contributed by atoms with Crippen molar-refractivity contribution in [3.63, 3.8) is 0 Å². The minimum atomic E-state index is -3.99. The number of nitrogens with two attached hydrogens (primary N) is 1. The van der Waals surface area contributed by atoms with Gasteiger partial charge in [0.1, 0.15) is 0 Å². The van der Waals surface area contributed by atoms with Crippen LogP contribution < -0.4 is 20.0 Å². The second kappa shape index (κ2) is 8.81. The summed E-state index contributed by atoms with van der Waals surface area (Å²) in [5.41, 5.74) is 5.27. The van der Waals surface area contributed by atoms with Gasteiger partial charge in [-0.2, -0.15) is 13.5 Å². The van der Waals surface area contributed by atoms with E-state index < -0.39 is 20.9 Å². The Labute approximate surface area is 160 Å². The molecule has 0 atom stereocenters. The molecule has 2 aromatic rings. The predicted molar refractivity (Wildman–Crippen MR) is 98.7 cm³/mol. The van der Waals surface area contributed by atoms with Gasteiger partial charge >= 0.3 is 0 Å². The monoisotopic (exact) mass is 408 g/mol. The fraction of sp³-hybridized carbons (Fsp3) is 0.125. The van der Waals surface area contributed by atoms with Crippen molar-refractivity contribution in [2.24, 2.45) is 10.8 Å². The van der Waals surface area contributed by atoms with Gasteiger partial charge in [-0.1, -0.05) is 0 Å². The Morgan fingerprint density at radius 2 is 1.93 bits per heavy atom. The number of ether oxygens (including phenoxy) is 2. The van der Waals surface area contributed by atoms with E-state index in [0.29, 0.717) is 11.3 Å². The highest BCUT2D eigenvalue weighted by atomic mass is 32.2. The zero-order chi connectivity index (χ0) is 20.7. The maximum Gasteiger partial charge on any atom is 0.276 e. The van der Waals surface area contributed by atoms with Crippen LogP contribution in [0.5, 0.6) is 11.5 Å². The van der Waals surface area contributed by atoms with Crippen LogP contribution >= 0.6 is 0 Å². The molecule has 12 heteroatoms. The highest BCUT2D eigenvalue weighted by molar-refractivity contribution is 7.89. The number of benzene rings is 2. The zero-order valence-electron chi connectivity index (χ0n) is 14.6. The van der Waals surface area contributed by atoms with E-state index in [1.165, 1.54) is 25.5 Å². The SMILES string of the molecule is COc1cc(C=NNS(=O)(=O)c2ccc([N+](=O)[O-])cc2)ccc1OCC(N)=O. The van der Waals surface area contributed by atoms with Gasteiger partial charge in [0, 0.05) is 12.1 Å². The number of methoxy groups -OCH3 is 1. The number of carbonyl (C=O) groups excluding carboxylic acids is 1. The Morgan fingerprint density at radius 1 is 1.25 bits per heavy atom. The molecule has 0 heterocycles. The number of carbonyl (C=O) groups is 1. The molecule has 11 nitrogen and oxygen atoms in total. The Hall–Kier alpha value is -3.67. The maximum absolute atomic E-state index is 12.1. The van der Waals surface area contributed by atoms with Gasteiger partial charge in [-0.15, -0.1) is 0 Å². The van der Waals surface area contributed by atoms with Crippen LogP contribution in [-0.4, -0.2) is 39.2 Å². The van der Waals surface area contributed by atoms with E-state index in [1.807, 2.05) is 4.83 Å². The van der Waals surface area contributed by atoms with E-state index in [4.69, 9.17) is 15.2 Å². The molecule has 3 N–H and O–H groups in total. The lowest BCUT2D eigenvalue weighted by atomic mass is 10.2. The highest BCUT2D eigenvalue weighted by Gasteiger charge is 2.15. The van der Waals surface area contributed by atoms with Crippen molar-refractivity contribution in [3.05, 3.63) is 58.1 Å². The van der Waals surface area contributed by atoms with Crippen molar-refractivity contribution < 1.29 is 27.6 Å². The number of hydrazone groups is 1. The molecule has 1 amide bonds. The molecule has 0 bridgehead atoms. The Morgan fingerprint density at radius 3 is 2.50 bits per heavy atom. The number of rotatable bonds is 9. The maximum atomic E-state index is 12.1. The third-order valence-electron chi connectivity index (χ3n) is 3.30. The van der Waals surface area contributed by atoms with Crippen LogP contribution in [0.3, 0.4) is 0 Å². The molecule has 0 spiro atoms. The second-order valence-electron chi connectivity index (χ2n) is 5.27. The minimum absolute atomic E-state index is 0.178. The summed E-state index contributed by atoms with van der Waals surface area (Å²) >= 11 is 0. The number of sulfonamides is 1. The molecule has 0 aliphatic heterocycles. The zero-order valence-corrected chi connectivity index (χ0v) is 15.4. The lowest BCUT2D eigenvalue weighted by molar-refractivity contribution is -0.384. The summed E-state index contributed by atoms with van der Waals surface area (Å²) in [6, 6.07) is 8.94. The molecule has 0 aliphatic carbocycles. The topological polar surface area (TPSA) is 163 Å². The number of hydrogen-bond donors (Lipinski definition) is 2. The molecule has 28 heavy (non-hydrogen) atoms. The largest absolute Gasteiger partial charge is 0.493 e. The van der Waals surface area contributed by atoms with Gasteiger partial charge < -0.3 is 15.2 Å². The molecule has 0 fully saturated rings. The van der Waals surface area contributed by atoms with Crippen LogP contribution in [0.15, 0.2) is 52.5 Å². The van der Waals surface area contributed by atoms with E-state index in [-0.39, 0.29) is 22.9 Å². The van der Waals surface area contributed by atoms with E-state index in [0.717, 1.165) is 24.3 Å². The van der Waals surface area contributed by atoms with Gasteiger partial charge in [-0.05, 0) is 35.9 Å². The van der Waals surface area contributed by atoms with Gasteiger partial charge in [0.05, 0.1) is 23.1 Å². The van der Waals surface area contributed by atoms with E-state index in [2.05, 4.69) is 5.10 Å². The molecular weight excluding hydrogens is 392 g/mol. The van der Waals surface area contributed by atoms with Crippen LogP contribution in [-0.2, 0) is 14.8 Å². The fourth-order valence-electron chi connectivity index (χ4n) is 2.00. The Bertz CT molecular complexity index is 1000. The van der Waals surface area contributed by atoms with Crippen LogP contribution in [0.1, 0.15) is 5.56 Å². The molecule has 0 saturated heterocycles. The summed E-state index contributed by atoms with van der Waals surface area (Å²) < 4.78 is 34.6. The van der Waals surface area contributed by atoms with E-state index in [9.17, 15) is 23.3 Å². The summed E-state index contributed by atoms with van der Waals surface area (Å²) in [6.45, 7) is -0.321. The molecule has 148 valence electrons. The van der Waals surface area contributed by atoms with Crippen LogP contribution in [0.25, 0.3) is 0 Å². The first-order valence-electron chi connectivity index (χ1n) is 7.61. The lowest BCUT2D eigenvalue weighted by Gasteiger charge is -2.09. The number of hydrogen-bond acceptors (Lipinski definition) is 8. The van der Waals surface area contributed by atoms with Crippen molar-refractivity contribution in [2.75, 3.05) is 13.7 Å². The standard InChI is InChI=1S/C16H16N4O7S/c1-26-15-8-11(2-7-14(15)27-10-16(17)21)9-18-19-28(24,25)13-5-3-12(4-6-13)20(22)23/h2-9,19H,10H2,1H3,(H2,17,21). The van der Waals surface area contributed by atoms with Gasteiger partial charge in [0.2, 0.25) is 0 Å². The molecule has 0 unspecified atom stereocenters. The molecule has 0 saturated carbocycles. The van der Waals surface area contributed by atoms with Crippen molar-refractivity contribution in [1.82, 2.24) is 4.83 Å². The van der Waals surface area contributed by atoms with Crippen LogP contribution in [0, 0.1) is 10.1 Å². The highest BCUT2D eigenvalue weighted by Crippen LogP contribution is 2.27. The van der Waals surface area contributed by atoms with Crippen molar-refractivity contribution in [1.29, 1.82) is 0 Å². The summed E-state index contributed by atoms with van der Waals surface area (Å²) in [6.07, 6.45) is 1.23. The normalized spacial score (nSPS) is 11.2. The number of nitro benzene ring substituents is 1. The van der Waals surface area contributed by atoms with Crippen LogP contribution in [0.4, 0.5) is 5.69 Å². The number of amides is 1. The average molecular weight is 408 g/mol. The van der Waals surface area contributed by atoms with Crippen molar-refractivity contribution in [2.45, 2.75) is 4.90 Å². The average Bonchev–Trinajstić information content (AvgIpc) is 2.66. The number of primary amides is 1. The number of nitro groups is 1. The second-order valence-corrected chi connectivity index (χ2v) is 6.93. The quantitative estimate of drug-likeness (QED) is 0.352. The molecule has 0 aliphatic rings. The van der Waals surface area contributed by atoms with E-state index in [1.54, 1.807) is 6.07 Å². The van der Waals surface area contributed by atoms with Crippen molar-refractivity contribution >= 4 is 27.8 Å². The first-order chi connectivity index (χ1) is 13.2. The van der Waals surface area contributed by atoms with Crippen molar-refractivity contribution in [3.8, 4) is 11.5 Å². The summed E-state index contributed by atoms with van der Waals surface area (Å²) in [5.74, 6) is -0.0679. The van der Waals surface area contributed by atoms with Gasteiger partial charge in [-0.3, -0.25) is 14.9 Å². The van der Waals surface area contributed by atoms with Gasteiger partial charge in [-0.25, -0.2) is 4.83 Å². The number of non-ortho nitro benzene ring substituents is 1. The smallest absolute Gasteiger partial charge is 0.276 e. The third kappa shape index (κ3) is 5.41. The summed E-state index contributed by atoms with van der Waals surface area (Å²) in [7, 11) is -2.60. The molecule has 0 radical (unpaired) electrons. The third-order valence-corrected chi connectivity index (χ3v) is 4.54. The van der Waals surface area contributed by atoms with Gasteiger partial charge in [0.15, 0.2) is 18.1 Å². The Kier molecular flexibility index (Phi) is 6.50. The predicted octanol–water partition coefficient (Wildman–Crippen LogP) is 0.780. The molecular formula is C16H16N4O7S. The van der Waals surface area contributed by atoms with E-state index >= 15 is 0 Å². The minimum Gasteiger partial charge on any atom is -0.493 e. The first-order valence-corrected chi connectivity index (χ1v) is 9.09. The fourth-order valence-corrected chi connectivity index (χ4v) is 2.79. The van der Waals surface area contributed by atoms with Gasteiger partial charge in [0.25, 0.3) is 21.6 Å². The molecule has 0 aromatic heterocycles. The summed E-state index contributed by atoms with van der Waals surface area (Å²) in [5, 5.41) is 14.3. The lowest BCUT2D eigenvalue weighted by Crippen LogP contribution is -2.20. The Balaban J connectivity index is 2.10. The molecule has 2 aromatic carbocycles. The number of nitrogens with zero attached hydrogens (tertiary/aromatic N) is 2. The first kappa shape index (κ1) is 20.6.